The fraction of sp³-hybridized carbons (Fsp3) is 0.333. The van der Waals surface area contributed by atoms with Crippen LogP contribution >= 0.6 is 0 Å². The van der Waals surface area contributed by atoms with Gasteiger partial charge in [0.15, 0.2) is 0 Å². The number of benzene rings is 2. The van der Waals surface area contributed by atoms with Crippen LogP contribution in [0.1, 0.15) is 5.89 Å². The van der Waals surface area contributed by atoms with Gasteiger partial charge in [-0.1, -0.05) is 18.2 Å². The van der Waals surface area contributed by atoms with Crippen molar-refractivity contribution in [1.29, 1.82) is 0 Å². The van der Waals surface area contributed by atoms with Gasteiger partial charge in [-0.2, -0.15) is 0 Å². The molecule has 2 heterocycles. The van der Waals surface area contributed by atoms with Crippen LogP contribution in [-0.4, -0.2) is 54.9 Å². The molecule has 1 aliphatic rings. The fourth-order valence-electron chi connectivity index (χ4n) is 3.33. The quantitative estimate of drug-likeness (QED) is 0.670. The number of methoxy groups -OCH3 is 1. The predicted octanol–water partition coefficient (Wildman–Crippen LogP) is 3.11. The van der Waals surface area contributed by atoms with E-state index in [-0.39, 0.29) is 0 Å². The second kappa shape index (κ2) is 8.22. The summed E-state index contributed by atoms with van der Waals surface area (Å²) in [6.45, 7) is 5.04. The molecular weight excluding hydrogens is 340 g/mol. The van der Waals surface area contributed by atoms with Gasteiger partial charge in [0.25, 0.3) is 0 Å². The minimum Gasteiger partial charge on any atom is -0.497 e. The number of hydrogen-bond acceptors (Lipinski definition) is 6. The van der Waals surface area contributed by atoms with E-state index in [0.717, 1.165) is 50.5 Å². The van der Waals surface area contributed by atoms with Gasteiger partial charge in [-0.15, -0.1) is 10.2 Å². The molecule has 0 bridgehead atoms. The van der Waals surface area contributed by atoms with Gasteiger partial charge in [0, 0.05) is 50.4 Å². The van der Waals surface area contributed by atoms with Gasteiger partial charge < -0.3 is 14.1 Å². The average molecular weight is 364 g/mol. The number of ether oxygens (including phenoxy) is 1. The molecule has 0 saturated carbocycles. The zero-order chi connectivity index (χ0) is 18.5. The summed E-state index contributed by atoms with van der Waals surface area (Å²) in [5.74, 6) is 2.19. The highest BCUT2D eigenvalue weighted by Crippen LogP contribution is 2.21. The number of aromatic nitrogens is 2. The largest absolute Gasteiger partial charge is 0.497 e. The summed E-state index contributed by atoms with van der Waals surface area (Å²) in [7, 11) is 1.69. The van der Waals surface area contributed by atoms with E-state index in [9.17, 15) is 0 Å². The van der Waals surface area contributed by atoms with Crippen molar-refractivity contribution in [2.45, 2.75) is 6.42 Å². The summed E-state index contributed by atoms with van der Waals surface area (Å²) < 4.78 is 11.0. The standard InChI is InChI=1S/C21H24N4O2/c1-26-19-9-7-18(8-10-19)25-15-13-24(14-16-25)12-11-20-22-23-21(27-20)17-5-3-2-4-6-17/h2-10H,11-16H2,1H3. The molecule has 4 rings (SSSR count). The van der Waals surface area contributed by atoms with Crippen molar-refractivity contribution in [2.24, 2.45) is 0 Å². The Labute approximate surface area is 159 Å². The van der Waals surface area contributed by atoms with Crippen LogP contribution in [0.15, 0.2) is 59.0 Å². The van der Waals surface area contributed by atoms with Crippen molar-refractivity contribution in [1.82, 2.24) is 15.1 Å². The van der Waals surface area contributed by atoms with Crippen LogP contribution < -0.4 is 9.64 Å². The molecule has 1 aromatic heterocycles. The highest BCUT2D eigenvalue weighted by Gasteiger charge is 2.18. The first-order valence-corrected chi connectivity index (χ1v) is 9.31. The van der Waals surface area contributed by atoms with E-state index in [4.69, 9.17) is 9.15 Å². The highest BCUT2D eigenvalue weighted by molar-refractivity contribution is 5.51. The highest BCUT2D eigenvalue weighted by atomic mass is 16.5. The Hall–Kier alpha value is -2.86. The molecule has 0 atom stereocenters. The van der Waals surface area contributed by atoms with Gasteiger partial charge >= 0.3 is 0 Å². The summed E-state index contributed by atoms with van der Waals surface area (Å²) in [4.78, 5) is 4.86. The van der Waals surface area contributed by atoms with Gasteiger partial charge in [0.05, 0.1) is 7.11 Å². The monoisotopic (exact) mass is 364 g/mol. The van der Waals surface area contributed by atoms with Gasteiger partial charge in [-0.25, -0.2) is 0 Å². The molecule has 3 aromatic rings. The summed E-state index contributed by atoms with van der Waals surface area (Å²) in [5, 5.41) is 8.35. The molecule has 1 aliphatic heterocycles. The molecule has 0 spiro atoms. The third kappa shape index (κ3) is 4.28. The molecule has 0 radical (unpaired) electrons. The maximum Gasteiger partial charge on any atom is 0.247 e. The lowest BCUT2D eigenvalue weighted by molar-refractivity contribution is 0.254. The first-order valence-electron chi connectivity index (χ1n) is 9.31. The lowest BCUT2D eigenvalue weighted by Crippen LogP contribution is -2.47. The van der Waals surface area contributed by atoms with E-state index < -0.39 is 0 Å². The van der Waals surface area contributed by atoms with Crippen LogP contribution in [0.5, 0.6) is 5.75 Å². The molecule has 6 heteroatoms. The van der Waals surface area contributed by atoms with Crippen molar-refractivity contribution in [2.75, 3.05) is 44.7 Å². The molecule has 0 unspecified atom stereocenters. The van der Waals surface area contributed by atoms with Gasteiger partial charge in [0.2, 0.25) is 11.8 Å². The van der Waals surface area contributed by atoms with Crippen LogP contribution in [0.25, 0.3) is 11.5 Å². The summed E-state index contributed by atoms with van der Waals surface area (Å²) in [5.41, 5.74) is 2.21. The Morgan fingerprint density at radius 1 is 0.926 bits per heavy atom. The van der Waals surface area contributed by atoms with Crippen LogP contribution in [0.2, 0.25) is 0 Å². The molecule has 27 heavy (non-hydrogen) atoms. The zero-order valence-electron chi connectivity index (χ0n) is 15.5. The Kier molecular flexibility index (Phi) is 5.34. The van der Waals surface area contributed by atoms with Crippen LogP contribution in [0.4, 0.5) is 5.69 Å². The summed E-state index contributed by atoms with van der Waals surface area (Å²) in [6.07, 6.45) is 0.780. The summed E-state index contributed by atoms with van der Waals surface area (Å²) >= 11 is 0. The second-order valence-corrected chi connectivity index (χ2v) is 6.64. The van der Waals surface area contributed by atoms with E-state index in [1.165, 1.54) is 5.69 Å². The molecule has 1 saturated heterocycles. The third-order valence-electron chi connectivity index (χ3n) is 4.94. The Morgan fingerprint density at radius 2 is 1.67 bits per heavy atom. The fourth-order valence-corrected chi connectivity index (χ4v) is 3.33. The predicted molar refractivity (Wildman–Crippen MR) is 105 cm³/mol. The van der Waals surface area contributed by atoms with Gasteiger partial charge in [-0.05, 0) is 36.4 Å². The molecule has 2 aromatic carbocycles. The van der Waals surface area contributed by atoms with Crippen LogP contribution in [0.3, 0.4) is 0 Å². The molecule has 140 valence electrons. The second-order valence-electron chi connectivity index (χ2n) is 6.64. The maximum atomic E-state index is 5.80. The molecule has 0 aliphatic carbocycles. The van der Waals surface area contributed by atoms with E-state index in [0.29, 0.717) is 11.8 Å². The molecular formula is C21H24N4O2. The SMILES string of the molecule is COc1ccc(N2CCN(CCc3nnc(-c4ccccc4)o3)CC2)cc1. The Morgan fingerprint density at radius 3 is 2.37 bits per heavy atom. The first-order chi connectivity index (χ1) is 13.3. The van der Waals surface area contributed by atoms with E-state index in [2.05, 4.69) is 32.1 Å². The third-order valence-corrected chi connectivity index (χ3v) is 4.94. The molecule has 0 N–H and O–H groups in total. The molecule has 1 fully saturated rings. The van der Waals surface area contributed by atoms with Crippen LogP contribution in [0, 0.1) is 0 Å². The number of piperazine rings is 1. The number of rotatable bonds is 6. The van der Waals surface area contributed by atoms with Crippen molar-refractivity contribution < 1.29 is 9.15 Å². The lowest BCUT2D eigenvalue weighted by atomic mass is 10.2. The lowest BCUT2D eigenvalue weighted by Gasteiger charge is -2.36. The Bertz CT molecular complexity index is 840. The average Bonchev–Trinajstić information content (AvgIpc) is 3.22. The minimum absolute atomic E-state index is 0.593. The Balaban J connectivity index is 1.26. The van der Waals surface area contributed by atoms with E-state index in [1.807, 2.05) is 42.5 Å². The van der Waals surface area contributed by atoms with Crippen molar-refractivity contribution in [3.63, 3.8) is 0 Å². The minimum atomic E-state index is 0.593. The normalized spacial score (nSPS) is 15.1. The van der Waals surface area contributed by atoms with Crippen molar-refractivity contribution in [3.05, 3.63) is 60.5 Å². The molecule has 0 amide bonds. The van der Waals surface area contributed by atoms with E-state index >= 15 is 0 Å². The van der Waals surface area contributed by atoms with Gasteiger partial charge in [0.1, 0.15) is 5.75 Å². The number of nitrogens with zero attached hydrogens (tertiary/aromatic N) is 4. The summed E-state index contributed by atoms with van der Waals surface area (Å²) in [6, 6.07) is 18.2. The topological polar surface area (TPSA) is 54.6 Å². The number of hydrogen-bond donors (Lipinski definition) is 0. The van der Waals surface area contributed by atoms with Crippen molar-refractivity contribution in [3.8, 4) is 17.2 Å². The first kappa shape index (κ1) is 17.5. The van der Waals surface area contributed by atoms with E-state index in [1.54, 1.807) is 7.11 Å². The maximum absolute atomic E-state index is 5.80. The van der Waals surface area contributed by atoms with Crippen molar-refractivity contribution >= 4 is 5.69 Å². The molecule has 6 nitrogen and oxygen atoms in total. The number of anilines is 1. The smallest absolute Gasteiger partial charge is 0.247 e. The van der Waals surface area contributed by atoms with Gasteiger partial charge in [-0.3, -0.25) is 4.90 Å². The van der Waals surface area contributed by atoms with Crippen LogP contribution in [-0.2, 0) is 6.42 Å². The zero-order valence-corrected chi connectivity index (χ0v) is 15.5.